The molecule has 0 saturated heterocycles. The highest BCUT2D eigenvalue weighted by molar-refractivity contribution is 6.21. The van der Waals surface area contributed by atoms with Crippen LogP contribution in [0.3, 0.4) is 0 Å². The third-order valence-electron chi connectivity index (χ3n) is 12.2. The van der Waals surface area contributed by atoms with E-state index in [4.69, 9.17) is 0 Å². The van der Waals surface area contributed by atoms with Gasteiger partial charge >= 0.3 is 0 Å². The minimum atomic E-state index is 1.20. The molecule has 0 heterocycles. The SMILES string of the molecule is Cc1c(-c2cccc(-c3cc4ccccc4c4ccccc34)c2)cc(-c2ccccc2)cc1-c1cccc(-c2c(-c3ccccc3)c3ccccc3c3ccccc23)c1. The molecule has 11 rings (SSSR count). The van der Waals surface area contributed by atoms with E-state index in [1.54, 1.807) is 0 Å². The molecule has 0 bridgehead atoms. The van der Waals surface area contributed by atoms with Crippen molar-refractivity contribution in [3.63, 3.8) is 0 Å². The molecule has 11 aromatic carbocycles. The van der Waals surface area contributed by atoms with Gasteiger partial charge in [0.2, 0.25) is 0 Å². The van der Waals surface area contributed by atoms with E-state index in [9.17, 15) is 0 Å². The molecule has 0 unspecified atom stereocenters. The Bertz CT molecular complexity index is 3370. The molecular formula is C59H40. The Labute approximate surface area is 345 Å². The molecule has 59 heavy (non-hydrogen) atoms. The van der Waals surface area contributed by atoms with Crippen molar-refractivity contribution < 1.29 is 0 Å². The summed E-state index contributed by atoms with van der Waals surface area (Å²) in [5, 5.41) is 10.2. The van der Waals surface area contributed by atoms with Crippen molar-refractivity contribution in [1.29, 1.82) is 0 Å². The summed E-state index contributed by atoms with van der Waals surface area (Å²) in [7, 11) is 0. The van der Waals surface area contributed by atoms with Crippen molar-refractivity contribution in [3.8, 4) is 66.8 Å². The van der Waals surface area contributed by atoms with Crippen molar-refractivity contribution in [2.24, 2.45) is 0 Å². The molecule has 0 aromatic heterocycles. The van der Waals surface area contributed by atoms with Crippen LogP contribution in [0.15, 0.2) is 224 Å². The van der Waals surface area contributed by atoms with Crippen molar-refractivity contribution in [2.45, 2.75) is 6.92 Å². The zero-order chi connectivity index (χ0) is 39.3. The minimum absolute atomic E-state index is 1.20. The highest BCUT2D eigenvalue weighted by Gasteiger charge is 2.19. The summed E-state index contributed by atoms with van der Waals surface area (Å²) >= 11 is 0. The van der Waals surface area contributed by atoms with Crippen LogP contribution in [-0.4, -0.2) is 0 Å². The van der Waals surface area contributed by atoms with Gasteiger partial charge in [0.05, 0.1) is 0 Å². The van der Waals surface area contributed by atoms with E-state index in [0.717, 1.165) is 0 Å². The van der Waals surface area contributed by atoms with E-state index in [1.807, 2.05) is 0 Å². The Balaban J connectivity index is 1.13. The maximum Gasteiger partial charge on any atom is -0.00201 e. The molecule has 0 atom stereocenters. The second-order valence-electron chi connectivity index (χ2n) is 15.6. The number of hydrogen-bond donors (Lipinski definition) is 0. The number of rotatable bonds is 6. The first-order chi connectivity index (χ1) is 29.2. The van der Waals surface area contributed by atoms with Crippen LogP contribution < -0.4 is 0 Å². The van der Waals surface area contributed by atoms with Crippen molar-refractivity contribution in [2.75, 3.05) is 0 Å². The molecule has 0 amide bonds. The first kappa shape index (κ1) is 34.7. The van der Waals surface area contributed by atoms with Crippen molar-refractivity contribution in [3.05, 3.63) is 230 Å². The van der Waals surface area contributed by atoms with Gasteiger partial charge in [-0.2, -0.15) is 0 Å². The van der Waals surface area contributed by atoms with Crippen LogP contribution >= 0.6 is 0 Å². The molecule has 0 fully saturated rings. The fraction of sp³-hybridized carbons (Fsp3) is 0.0169. The third kappa shape index (κ3) is 6.01. The van der Waals surface area contributed by atoms with E-state index in [0.29, 0.717) is 0 Å². The second kappa shape index (κ2) is 14.4. The molecule has 0 nitrogen and oxygen atoms in total. The zero-order valence-electron chi connectivity index (χ0n) is 32.9. The molecule has 276 valence electrons. The van der Waals surface area contributed by atoms with E-state index in [-0.39, 0.29) is 0 Å². The smallest absolute Gasteiger partial charge is 0.00201 e. The Morgan fingerprint density at radius 3 is 1.20 bits per heavy atom. The normalized spacial score (nSPS) is 11.5. The predicted octanol–water partition coefficient (Wildman–Crippen LogP) is 16.6. The molecule has 0 spiro atoms. The Hall–Kier alpha value is -7.54. The van der Waals surface area contributed by atoms with Gasteiger partial charge in [-0.05, 0) is 153 Å². The summed E-state index contributed by atoms with van der Waals surface area (Å²) in [5.41, 5.74) is 16.0. The highest BCUT2D eigenvalue weighted by Crippen LogP contribution is 2.46. The Morgan fingerprint density at radius 1 is 0.220 bits per heavy atom. The molecule has 0 heteroatoms. The van der Waals surface area contributed by atoms with Gasteiger partial charge in [-0.1, -0.05) is 194 Å². The number of benzene rings is 11. The molecule has 0 N–H and O–H groups in total. The lowest BCUT2D eigenvalue weighted by Gasteiger charge is -2.20. The van der Waals surface area contributed by atoms with Gasteiger partial charge < -0.3 is 0 Å². The molecule has 0 aliphatic carbocycles. The molecule has 0 aliphatic rings. The average Bonchev–Trinajstić information content (AvgIpc) is 3.31. The van der Waals surface area contributed by atoms with E-state index in [1.165, 1.54) is 115 Å². The lowest BCUT2D eigenvalue weighted by atomic mass is 9.83. The van der Waals surface area contributed by atoms with Crippen LogP contribution in [0.1, 0.15) is 5.56 Å². The van der Waals surface area contributed by atoms with E-state index in [2.05, 4.69) is 231 Å². The van der Waals surface area contributed by atoms with Crippen molar-refractivity contribution in [1.82, 2.24) is 0 Å². The van der Waals surface area contributed by atoms with Gasteiger partial charge in [-0.3, -0.25) is 0 Å². The highest BCUT2D eigenvalue weighted by atomic mass is 14.2. The largest absolute Gasteiger partial charge is 0.0622 e. The van der Waals surface area contributed by atoms with Gasteiger partial charge in [0.25, 0.3) is 0 Å². The molecular weight excluding hydrogens is 709 g/mol. The quantitative estimate of drug-likeness (QED) is 0.149. The summed E-state index contributed by atoms with van der Waals surface area (Å²) in [6.45, 7) is 2.30. The molecule has 11 aromatic rings. The van der Waals surface area contributed by atoms with Gasteiger partial charge in [-0.25, -0.2) is 0 Å². The van der Waals surface area contributed by atoms with Crippen LogP contribution in [0.25, 0.3) is 110 Å². The predicted molar refractivity (Wildman–Crippen MR) is 254 cm³/mol. The van der Waals surface area contributed by atoms with Crippen LogP contribution in [0.2, 0.25) is 0 Å². The first-order valence-corrected chi connectivity index (χ1v) is 20.5. The number of fused-ring (bicyclic) bond motifs is 6. The third-order valence-corrected chi connectivity index (χ3v) is 12.2. The van der Waals surface area contributed by atoms with Gasteiger partial charge in [0.1, 0.15) is 0 Å². The summed E-state index contributed by atoms with van der Waals surface area (Å²) in [4.78, 5) is 0. The standard InChI is InChI=1S/C59H40/c1-39-55(42-23-16-25-44(34-42)57-36-45-22-8-9-27-48(45)49-28-10-11-31-52(49)57)37-47(40-18-4-2-5-19-40)38-56(39)43-24-17-26-46(35-43)59-54-33-15-13-30-51(54)50-29-12-14-32-53(50)58(59)41-20-6-3-7-21-41/h2-38H,1H3. The van der Waals surface area contributed by atoms with Gasteiger partial charge in [0.15, 0.2) is 0 Å². The fourth-order valence-corrected chi connectivity index (χ4v) is 9.45. The van der Waals surface area contributed by atoms with Crippen molar-refractivity contribution >= 4 is 43.1 Å². The summed E-state index contributed by atoms with van der Waals surface area (Å²) < 4.78 is 0. The Kier molecular flexibility index (Phi) is 8.49. The summed E-state index contributed by atoms with van der Waals surface area (Å²) in [5.74, 6) is 0. The fourth-order valence-electron chi connectivity index (χ4n) is 9.45. The summed E-state index contributed by atoms with van der Waals surface area (Å²) in [6, 6.07) is 82.6. The number of hydrogen-bond acceptors (Lipinski definition) is 0. The maximum absolute atomic E-state index is 2.42. The van der Waals surface area contributed by atoms with Crippen LogP contribution in [0, 0.1) is 6.92 Å². The lowest BCUT2D eigenvalue weighted by Crippen LogP contribution is -1.94. The maximum atomic E-state index is 2.42. The van der Waals surface area contributed by atoms with Gasteiger partial charge in [0, 0.05) is 0 Å². The first-order valence-electron chi connectivity index (χ1n) is 20.5. The van der Waals surface area contributed by atoms with E-state index >= 15 is 0 Å². The van der Waals surface area contributed by atoms with Crippen LogP contribution in [-0.2, 0) is 0 Å². The van der Waals surface area contributed by atoms with Crippen LogP contribution in [0.4, 0.5) is 0 Å². The monoisotopic (exact) mass is 748 g/mol. The van der Waals surface area contributed by atoms with E-state index < -0.39 is 0 Å². The topological polar surface area (TPSA) is 0 Å². The second-order valence-corrected chi connectivity index (χ2v) is 15.6. The Morgan fingerprint density at radius 2 is 0.610 bits per heavy atom. The average molecular weight is 749 g/mol. The molecule has 0 aliphatic heterocycles. The summed E-state index contributed by atoms with van der Waals surface area (Å²) in [6.07, 6.45) is 0. The van der Waals surface area contributed by atoms with Crippen LogP contribution in [0.5, 0.6) is 0 Å². The lowest BCUT2D eigenvalue weighted by molar-refractivity contribution is 1.44. The molecule has 0 radical (unpaired) electrons. The minimum Gasteiger partial charge on any atom is -0.0622 e. The van der Waals surface area contributed by atoms with Gasteiger partial charge in [-0.15, -0.1) is 0 Å². The zero-order valence-corrected chi connectivity index (χ0v) is 32.9. The molecule has 0 saturated carbocycles.